The fraction of sp³-hybridized carbons (Fsp3) is 0.316. The Labute approximate surface area is 174 Å². The van der Waals surface area contributed by atoms with Crippen molar-refractivity contribution in [2.24, 2.45) is 0 Å². The summed E-state index contributed by atoms with van der Waals surface area (Å²) in [4.78, 5) is 11.6. The van der Waals surface area contributed by atoms with Gasteiger partial charge in [0.15, 0.2) is 0 Å². The number of amides is 1. The van der Waals surface area contributed by atoms with Crippen molar-refractivity contribution in [3.63, 3.8) is 0 Å². The molecule has 0 aliphatic carbocycles. The van der Waals surface area contributed by atoms with E-state index in [9.17, 15) is 23.2 Å². The molecule has 0 unspecified atom stereocenters. The molecule has 0 saturated carbocycles. The number of anilines is 1. The van der Waals surface area contributed by atoms with Gasteiger partial charge in [0.1, 0.15) is 12.4 Å². The van der Waals surface area contributed by atoms with E-state index in [0.29, 0.717) is 26.7 Å². The summed E-state index contributed by atoms with van der Waals surface area (Å²) >= 11 is 1.95. The number of carbonyl (C=O) groups excluding carboxylic acids is 1. The lowest BCUT2D eigenvalue weighted by molar-refractivity contribution is -0.139. The van der Waals surface area contributed by atoms with Crippen molar-refractivity contribution in [1.82, 2.24) is 0 Å². The minimum Gasteiger partial charge on any atom is -0.488 e. The monoisotopic (exact) mass is 509 g/mol. The first kappa shape index (κ1) is 22.3. The molecule has 0 heterocycles. The first-order valence-electron chi connectivity index (χ1n) is 8.28. The fourth-order valence-corrected chi connectivity index (χ4v) is 3.31. The summed E-state index contributed by atoms with van der Waals surface area (Å²) in [6, 6.07) is 7.16. The smallest absolute Gasteiger partial charge is 0.438 e. The van der Waals surface area contributed by atoms with Crippen molar-refractivity contribution in [3.05, 3.63) is 56.2 Å². The number of benzene rings is 2. The molecule has 0 radical (unpaired) electrons. The minimum atomic E-state index is -4.57. The highest BCUT2D eigenvalue weighted by Gasteiger charge is 2.35. The number of halogens is 4. The maximum absolute atomic E-state index is 13.5. The molecule has 9 heteroatoms. The molecule has 0 spiro atoms. The zero-order valence-corrected chi connectivity index (χ0v) is 17.6. The summed E-state index contributed by atoms with van der Waals surface area (Å²) in [6.07, 6.45) is -5.13. The third kappa shape index (κ3) is 4.88. The van der Waals surface area contributed by atoms with E-state index in [4.69, 9.17) is 4.74 Å². The van der Waals surface area contributed by atoms with Gasteiger partial charge in [-0.15, -0.1) is 0 Å². The topological polar surface area (TPSA) is 59.0 Å². The van der Waals surface area contributed by atoms with Gasteiger partial charge in [-0.3, -0.25) is 5.21 Å². The Kier molecular flexibility index (Phi) is 7.16. The van der Waals surface area contributed by atoms with Crippen LogP contribution in [0.25, 0.3) is 0 Å². The molecule has 0 aliphatic heterocycles. The molecule has 0 fully saturated rings. The van der Waals surface area contributed by atoms with Crippen LogP contribution in [0.2, 0.25) is 0 Å². The maximum Gasteiger partial charge on any atom is 0.438 e. The zero-order chi connectivity index (χ0) is 21.1. The SMILES string of the molecule is CCc1cc(C(F)(F)F)c(OCc2c(I)cccc2N(O)C(=O)OC)cc1C. The van der Waals surface area contributed by atoms with Gasteiger partial charge in [-0.05, 0) is 71.3 Å². The van der Waals surface area contributed by atoms with Gasteiger partial charge in [0.25, 0.3) is 0 Å². The molecule has 0 aliphatic rings. The number of rotatable bonds is 5. The number of methoxy groups -OCH3 is 1. The third-order valence-corrected chi connectivity index (χ3v) is 5.18. The van der Waals surface area contributed by atoms with Crippen molar-refractivity contribution in [3.8, 4) is 5.75 Å². The quantitative estimate of drug-likeness (QED) is 0.318. The van der Waals surface area contributed by atoms with Crippen LogP contribution in [0.15, 0.2) is 30.3 Å². The summed E-state index contributed by atoms with van der Waals surface area (Å²) in [6.45, 7) is 3.22. The van der Waals surface area contributed by atoms with Crippen LogP contribution < -0.4 is 9.80 Å². The Hall–Kier alpha value is -2.01. The molecule has 2 aromatic rings. The normalized spacial score (nSPS) is 11.3. The van der Waals surface area contributed by atoms with Crippen LogP contribution in [0.5, 0.6) is 5.75 Å². The molecule has 0 atom stereocenters. The number of ether oxygens (including phenoxy) is 2. The average Bonchev–Trinajstić information content (AvgIpc) is 2.64. The van der Waals surface area contributed by atoms with E-state index >= 15 is 0 Å². The minimum absolute atomic E-state index is 0.0641. The van der Waals surface area contributed by atoms with Crippen molar-refractivity contribution >= 4 is 34.4 Å². The highest BCUT2D eigenvalue weighted by atomic mass is 127. The highest BCUT2D eigenvalue weighted by molar-refractivity contribution is 14.1. The second-order valence-electron chi connectivity index (χ2n) is 5.93. The second-order valence-corrected chi connectivity index (χ2v) is 7.10. The van der Waals surface area contributed by atoms with Crippen LogP contribution in [0.4, 0.5) is 23.7 Å². The van der Waals surface area contributed by atoms with Crippen molar-refractivity contribution < 1.29 is 32.6 Å². The highest BCUT2D eigenvalue weighted by Crippen LogP contribution is 2.39. The predicted octanol–water partition coefficient (Wildman–Crippen LogP) is 5.72. The third-order valence-electron chi connectivity index (χ3n) is 4.17. The van der Waals surface area contributed by atoms with Crippen LogP contribution in [0.3, 0.4) is 0 Å². The van der Waals surface area contributed by atoms with Crippen LogP contribution in [0, 0.1) is 10.5 Å². The lowest BCUT2D eigenvalue weighted by Gasteiger charge is -2.20. The molecule has 2 rings (SSSR count). The molecule has 2 aromatic carbocycles. The van der Waals surface area contributed by atoms with Crippen molar-refractivity contribution in [2.75, 3.05) is 12.2 Å². The summed E-state index contributed by atoms with van der Waals surface area (Å²) in [7, 11) is 1.10. The summed E-state index contributed by atoms with van der Waals surface area (Å²) in [5.74, 6) is -0.310. The number of nitrogens with zero attached hydrogens (tertiary/aromatic N) is 1. The fourth-order valence-electron chi connectivity index (χ4n) is 2.67. The Balaban J connectivity index is 2.42. The van der Waals surface area contributed by atoms with Gasteiger partial charge in [0.2, 0.25) is 0 Å². The number of carbonyl (C=O) groups is 1. The van der Waals surface area contributed by atoms with E-state index < -0.39 is 17.8 Å². The Morgan fingerprint density at radius 1 is 1.29 bits per heavy atom. The van der Waals surface area contributed by atoms with Crippen molar-refractivity contribution in [1.29, 1.82) is 0 Å². The molecule has 0 aromatic heterocycles. The molecule has 152 valence electrons. The van der Waals surface area contributed by atoms with E-state index in [1.54, 1.807) is 26.0 Å². The van der Waals surface area contributed by atoms with Crippen molar-refractivity contribution in [2.45, 2.75) is 33.1 Å². The second kappa shape index (κ2) is 8.99. The lowest BCUT2D eigenvalue weighted by atomic mass is 10.0. The van der Waals surface area contributed by atoms with Gasteiger partial charge in [-0.1, -0.05) is 13.0 Å². The van der Waals surface area contributed by atoms with Gasteiger partial charge < -0.3 is 9.47 Å². The Morgan fingerprint density at radius 3 is 2.54 bits per heavy atom. The molecule has 1 N–H and O–H groups in total. The first-order chi connectivity index (χ1) is 13.1. The van der Waals surface area contributed by atoms with Gasteiger partial charge in [-0.25, -0.2) is 4.79 Å². The summed E-state index contributed by atoms with van der Waals surface area (Å²) < 4.78 is 51.0. The van der Waals surface area contributed by atoms with Crippen LogP contribution >= 0.6 is 22.6 Å². The molecule has 28 heavy (non-hydrogen) atoms. The molecule has 0 saturated heterocycles. The number of hydrogen-bond donors (Lipinski definition) is 1. The molecular weight excluding hydrogens is 490 g/mol. The van der Waals surface area contributed by atoms with Gasteiger partial charge >= 0.3 is 12.3 Å². The summed E-state index contributed by atoms with van der Waals surface area (Å²) in [5.41, 5.74) is 0.820. The average molecular weight is 509 g/mol. The molecular formula is C19H19F3INO4. The largest absolute Gasteiger partial charge is 0.488 e. The standard InChI is InChI=1S/C19H19F3INO4/c1-4-12-9-14(19(20,21)22)17(8-11(12)2)28-10-13-15(23)6-5-7-16(13)24(26)18(25)27-3/h5-9,26H,4,10H2,1-3H3. The van der Waals surface area contributed by atoms with E-state index in [1.165, 1.54) is 12.1 Å². The van der Waals surface area contributed by atoms with E-state index in [0.717, 1.165) is 13.2 Å². The number of aryl methyl sites for hydroxylation is 2. The Morgan fingerprint density at radius 2 is 1.96 bits per heavy atom. The van der Waals surface area contributed by atoms with Gasteiger partial charge in [0, 0.05) is 9.13 Å². The first-order valence-corrected chi connectivity index (χ1v) is 9.35. The lowest BCUT2D eigenvalue weighted by Crippen LogP contribution is -2.28. The predicted molar refractivity (Wildman–Crippen MR) is 106 cm³/mol. The number of hydroxylamine groups is 1. The van der Waals surface area contributed by atoms with E-state index in [2.05, 4.69) is 4.74 Å². The van der Waals surface area contributed by atoms with Gasteiger partial charge in [0.05, 0.1) is 18.4 Å². The molecule has 0 bridgehead atoms. The molecule has 5 nitrogen and oxygen atoms in total. The van der Waals surface area contributed by atoms with Crippen LogP contribution in [0.1, 0.15) is 29.2 Å². The zero-order valence-electron chi connectivity index (χ0n) is 15.4. The number of hydrogen-bond acceptors (Lipinski definition) is 4. The molecule has 1 amide bonds. The van der Waals surface area contributed by atoms with Gasteiger partial charge in [-0.2, -0.15) is 18.2 Å². The van der Waals surface area contributed by atoms with E-state index in [-0.39, 0.29) is 23.1 Å². The van der Waals surface area contributed by atoms with Crippen LogP contribution in [-0.4, -0.2) is 18.4 Å². The summed E-state index contributed by atoms with van der Waals surface area (Å²) in [5, 5.41) is 10.3. The van der Waals surface area contributed by atoms with E-state index in [1.807, 2.05) is 22.6 Å². The number of alkyl halides is 3. The Bertz CT molecular complexity index is 871. The maximum atomic E-state index is 13.5. The van der Waals surface area contributed by atoms with Crippen LogP contribution in [-0.2, 0) is 23.9 Å².